The van der Waals surface area contributed by atoms with Crippen molar-refractivity contribution in [3.05, 3.63) is 83.4 Å². The number of amides is 1. The van der Waals surface area contributed by atoms with E-state index in [2.05, 4.69) is 47.3 Å². The second-order valence-electron chi connectivity index (χ2n) is 14.7. The number of carbonyl (C=O) groups excluding carboxylic acids is 1. The van der Waals surface area contributed by atoms with Crippen molar-refractivity contribution in [3.63, 3.8) is 0 Å². The van der Waals surface area contributed by atoms with Gasteiger partial charge in [-0.15, -0.1) is 0 Å². The molecule has 51 heavy (non-hydrogen) atoms. The quantitative estimate of drug-likeness (QED) is 0.236. The van der Waals surface area contributed by atoms with Crippen LogP contribution >= 0.6 is 0 Å². The van der Waals surface area contributed by atoms with Crippen molar-refractivity contribution in [1.29, 1.82) is 0 Å². The Kier molecular flexibility index (Phi) is 10.3. The Labute approximate surface area is 300 Å². The van der Waals surface area contributed by atoms with Gasteiger partial charge in [0, 0.05) is 30.8 Å². The number of nitrogens with one attached hydrogen (secondary N) is 1. The molecule has 2 aromatic carbocycles. The summed E-state index contributed by atoms with van der Waals surface area (Å²) in [5.41, 5.74) is 4.23. The second kappa shape index (κ2) is 14.5. The highest BCUT2D eigenvalue weighted by molar-refractivity contribution is 7.92. The number of sulfonamides is 1. The Morgan fingerprint density at radius 1 is 1.04 bits per heavy atom. The Hall–Kier alpha value is -4.62. The van der Waals surface area contributed by atoms with Crippen LogP contribution in [0, 0.1) is 19.3 Å². The van der Waals surface area contributed by atoms with Crippen molar-refractivity contribution in [3.8, 4) is 17.1 Å². The second-order valence-corrected chi connectivity index (χ2v) is 16.4. The van der Waals surface area contributed by atoms with E-state index in [1.54, 1.807) is 42.6 Å². The van der Waals surface area contributed by atoms with Crippen LogP contribution in [0.2, 0.25) is 0 Å². The zero-order chi connectivity index (χ0) is 36.5. The molecule has 0 aliphatic carbocycles. The summed E-state index contributed by atoms with van der Waals surface area (Å²) in [7, 11) is -2.46. The number of benzene rings is 2. The molecule has 1 N–H and O–H groups in total. The topological polar surface area (TPSA) is 140 Å². The first-order valence-corrected chi connectivity index (χ1v) is 18.8. The van der Waals surface area contributed by atoms with Gasteiger partial charge in [0.25, 0.3) is 15.9 Å². The molecule has 1 amide bonds. The monoisotopic (exact) mass is 713 g/mol. The van der Waals surface area contributed by atoms with Crippen molar-refractivity contribution in [1.82, 2.24) is 24.8 Å². The van der Waals surface area contributed by atoms with Crippen molar-refractivity contribution >= 4 is 27.6 Å². The predicted octanol–water partition coefficient (Wildman–Crippen LogP) is 6.19. The normalized spacial score (nSPS) is 19.7. The molecule has 1 unspecified atom stereocenters. The average Bonchev–Trinajstić information content (AvgIpc) is 3.58. The summed E-state index contributed by atoms with van der Waals surface area (Å²) in [5.74, 6) is 0.153. The molecule has 2 aromatic heterocycles. The van der Waals surface area contributed by atoms with Crippen molar-refractivity contribution in [2.75, 3.05) is 29.9 Å². The van der Waals surface area contributed by atoms with E-state index in [4.69, 9.17) is 19.4 Å². The third-order valence-electron chi connectivity index (χ3n) is 9.58. The third-order valence-corrected chi connectivity index (χ3v) is 10.9. The highest BCUT2D eigenvalue weighted by Crippen LogP contribution is 2.32. The van der Waals surface area contributed by atoms with Crippen LogP contribution in [0.15, 0.2) is 65.8 Å². The highest BCUT2D eigenvalue weighted by Gasteiger charge is 2.33. The van der Waals surface area contributed by atoms with Gasteiger partial charge in [-0.1, -0.05) is 45.0 Å². The molecule has 1 saturated heterocycles. The molecule has 0 radical (unpaired) electrons. The number of carbonyl (C=O) groups is 1. The highest BCUT2D eigenvalue weighted by atomic mass is 32.2. The zero-order valence-electron chi connectivity index (χ0n) is 30.4. The van der Waals surface area contributed by atoms with Gasteiger partial charge in [-0.3, -0.25) is 4.79 Å². The maximum absolute atomic E-state index is 14.5. The van der Waals surface area contributed by atoms with E-state index in [0.29, 0.717) is 17.9 Å². The Morgan fingerprint density at radius 2 is 1.75 bits per heavy atom. The van der Waals surface area contributed by atoms with Crippen molar-refractivity contribution in [2.24, 2.45) is 5.41 Å². The van der Waals surface area contributed by atoms with Gasteiger partial charge in [0.1, 0.15) is 12.4 Å². The number of aromatic nitrogens is 4. The third kappa shape index (κ3) is 8.15. The average molecular weight is 714 g/mol. The summed E-state index contributed by atoms with van der Waals surface area (Å²) in [6, 6.07) is 13.4. The molecule has 2 aliphatic rings. The Bertz CT molecular complexity index is 1980. The maximum Gasteiger partial charge on any atom is 0.264 e. The number of anilines is 2. The van der Waals surface area contributed by atoms with E-state index >= 15 is 0 Å². The number of fused-ring (bicyclic) bond motifs is 4. The van der Waals surface area contributed by atoms with Gasteiger partial charge in [0.2, 0.25) is 11.8 Å². The summed E-state index contributed by atoms with van der Waals surface area (Å²) < 4.78 is 42.0. The molecule has 0 spiro atoms. The number of rotatable bonds is 7. The summed E-state index contributed by atoms with van der Waals surface area (Å²) in [4.78, 5) is 36.9. The van der Waals surface area contributed by atoms with E-state index in [0.717, 1.165) is 41.8 Å². The van der Waals surface area contributed by atoms with Gasteiger partial charge in [0.05, 0.1) is 53.4 Å². The molecular weight excluding hydrogens is 667 g/mol. The van der Waals surface area contributed by atoms with Crippen LogP contribution < -0.4 is 14.4 Å². The molecule has 4 aromatic rings. The summed E-state index contributed by atoms with van der Waals surface area (Å²) in [6.07, 6.45) is 6.32. The minimum atomic E-state index is -4.19. The van der Waals surface area contributed by atoms with Gasteiger partial charge in [-0.2, -0.15) is 4.98 Å². The molecule has 13 heteroatoms. The van der Waals surface area contributed by atoms with Crippen molar-refractivity contribution in [2.45, 2.75) is 90.4 Å². The molecule has 2 aliphatic heterocycles. The Balaban J connectivity index is 1.42. The number of ether oxygens (including phenoxy) is 2. The molecule has 0 saturated carbocycles. The van der Waals surface area contributed by atoms with Gasteiger partial charge in [-0.05, 0) is 74.8 Å². The standard InChI is InChI=1S/C38H47N7O5S/c1-24-11-8-12-25(2)35(24)31-18-34-42-37(41-31)43-51(47,48)30-14-9-13-27(17-30)36(46)45(28(23-50-34)19-38(4,5)6)22-33-39-20-29(21-40-33)44-16-10-15-32(44)26(3)49-7/h8-9,11-14,17-18,20-21,26,28,32H,10,15-16,19,22-23H2,1-7H3,(H,41,42,43)/t26?,28-,32+/m1/s1. The number of hydrogen-bond acceptors (Lipinski definition) is 10. The molecule has 6 rings (SSSR count). The van der Waals surface area contributed by atoms with Gasteiger partial charge < -0.3 is 19.3 Å². The number of hydrogen-bond donors (Lipinski definition) is 1. The first kappa shape index (κ1) is 36.2. The molecule has 12 nitrogen and oxygen atoms in total. The Morgan fingerprint density at radius 3 is 2.43 bits per heavy atom. The minimum absolute atomic E-state index is 0.0621. The number of methoxy groups -OCH3 is 1. The van der Waals surface area contributed by atoms with E-state index in [9.17, 15) is 13.2 Å². The van der Waals surface area contributed by atoms with E-state index in [-0.39, 0.29) is 58.9 Å². The largest absolute Gasteiger partial charge is 0.475 e. The first-order valence-electron chi connectivity index (χ1n) is 17.3. The van der Waals surface area contributed by atoms with Crippen LogP contribution in [0.5, 0.6) is 5.88 Å². The van der Waals surface area contributed by atoms with Gasteiger partial charge >= 0.3 is 0 Å². The fourth-order valence-electron chi connectivity index (χ4n) is 7.04. The summed E-state index contributed by atoms with van der Waals surface area (Å²) in [5, 5.41) is 0. The van der Waals surface area contributed by atoms with Crippen LogP contribution in [0.3, 0.4) is 0 Å². The van der Waals surface area contributed by atoms with Crippen LogP contribution in [-0.4, -0.2) is 77.6 Å². The molecule has 270 valence electrons. The smallest absolute Gasteiger partial charge is 0.264 e. The summed E-state index contributed by atoms with van der Waals surface area (Å²) in [6.45, 7) is 13.4. The van der Waals surface area contributed by atoms with E-state index < -0.39 is 16.1 Å². The molecule has 4 bridgehead atoms. The van der Waals surface area contributed by atoms with Crippen LogP contribution in [0.1, 0.15) is 74.3 Å². The number of aryl methyl sites for hydroxylation is 2. The van der Waals surface area contributed by atoms with Crippen molar-refractivity contribution < 1.29 is 22.7 Å². The predicted molar refractivity (Wildman–Crippen MR) is 196 cm³/mol. The lowest BCUT2D eigenvalue weighted by Crippen LogP contribution is -2.45. The lowest BCUT2D eigenvalue weighted by Gasteiger charge is -2.35. The minimum Gasteiger partial charge on any atom is -0.475 e. The fourth-order valence-corrected chi connectivity index (χ4v) is 8.02. The molecule has 4 heterocycles. The van der Waals surface area contributed by atoms with Gasteiger partial charge in [-0.25, -0.2) is 28.1 Å². The maximum atomic E-state index is 14.5. The van der Waals surface area contributed by atoms with E-state index in [1.165, 1.54) is 12.1 Å². The number of nitrogens with zero attached hydrogens (tertiary/aromatic N) is 6. The van der Waals surface area contributed by atoms with Crippen LogP contribution in [-0.2, 0) is 21.3 Å². The first-order chi connectivity index (χ1) is 24.2. The summed E-state index contributed by atoms with van der Waals surface area (Å²) >= 11 is 0. The van der Waals surface area contributed by atoms with Gasteiger partial charge in [0.15, 0.2) is 0 Å². The molecular formula is C38H47N7O5S. The molecule has 3 atom stereocenters. The fraction of sp³-hybridized carbons (Fsp3) is 0.447. The lowest BCUT2D eigenvalue weighted by molar-refractivity contribution is 0.0505. The van der Waals surface area contributed by atoms with Crippen LogP contribution in [0.4, 0.5) is 11.6 Å². The zero-order valence-corrected chi connectivity index (χ0v) is 31.2. The van der Waals surface area contributed by atoms with Crippen LogP contribution in [0.25, 0.3) is 11.3 Å². The SMILES string of the molecule is COC(C)[C@@H]1CCCN1c1cnc(CN2C(=O)c3cccc(c3)S(=O)(=O)Nc3nc(cc(-c4c(C)cccc4C)n3)OC[C@H]2CC(C)(C)C)nc1. The lowest BCUT2D eigenvalue weighted by atomic mass is 9.87. The molecule has 1 fully saturated rings. The van der Waals surface area contributed by atoms with E-state index in [1.807, 2.05) is 32.0 Å².